The standard InChI is InChI=1S/C27H44O3/c1-8-9-18-10-12-19(13-11-18)21-16-29-25(30-17-21)20-14-22(26(2,3)4)24(28)23(15-20)27(5,6)7/h14-15,18-19,21,25,28H,8-13,16-17H2,1-7H3. The van der Waals surface area contributed by atoms with Crippen LogP contribution in [0.4, 0.5) is 0 Å². The maximum Gasteiger partial charge on any atom is 0.183 e. The fraction of sp³-hybridized carbons (Fsp3) is 0.778. The first-order valence-corrected chi connectivity index (χ1v) is 12.1. The van der Waals surface area contributed by atoms with E-state index < -0.39 is 0 Å². The summed E-state index contributed by atoms with van der Waals surface area (Å²) >= 11 is 0. The predicted octanol–water partition coefficient (Wildman–Crippen LogP) is 7.26. The monoisotopic (exact) mass is 416 g/mol. The Morgan fingerprint density at radius 2 is 1.33 bits per heavy atom. The summed E-state index contributed by atoms with van der Waals surface area (Å²) in [5.41, 5.74) is 2.68. The predicted molar refractivity (Wildman–Crippen MR) is 124 cm³/mol. The molecule has 170 valence electrons. The van der Waals surface area contributed by atoms with Crippen molar-refractivity contribution in [2.75, 3.05) is 13.2 Å². The number of rotatable bonds is 4. The molecular weight excluding hydrogens is 372 g/mol. The molecule has 3 nitrogen and oxygen atoms in total. The molecule has 30 heavy (non-hydrogen) atoms. The van der Waals surface area contributed by atoms with Crippen molar-refractivity contribution in [3.63, 3.8) is 0 Å². The summed E-state index contributed by atoms with van der Waals surface area (Å²) in [6.07, 6.45) is 7.77. The summed E-state index contributed by atoms with van der Waals surface area (Å²) in [7, 11) is 0. The van der Waals surface area contributed by atoms with Gasteiger partial charge in [-0.3, -0.25) is 0 Å². The molecule has 1 heterocycles. The third kappa shape index (κ3) is 5.40. The lowest BCUT2D eigenvalue weighted by molar-refractivity contribution is -0.214. The zero-order valence-electron chi connectivity index (χ0n) is 20.4. The highest BCUT2D eigenvalue weighted by Gasteiger charge is 2.34. The third-order valence-corrected chi connectivity index (χ3v) is 7.20. The topological polar surface area (TPSA) is 38.7 Å². The minimum atomic E-state index is -0.333. The smallest absolute Gasteiger partial charge is 0.183 e. The van der Waals surface area contributed by atoms with Crippen LogP contribution in [0.1, 0.15) is 110 Å². The molecule has 0 radical (unpaired) electrons. The van der Waals surface area contributed by atoms with Gasteiger partial charge in [-0.25, -0.2) is 0 Å². The molecule has 3 rings (SSSR count). The number of benzene rings is 1. The zero-order valence-corrected chi connectivity index (χ0v) is 20.4. The van der Waals surface area contributed by atoms with E-state index in [9.17, 15) is 5.11 Å². The molecule has 2 fully saturated rings. The molecule has 1 saturated carbocycles. The average molecular weight is 417 g/mol. The first-order valence-electron chi connectivity index (χ1n) is 12.1. The van der Waals surface area contributed by atoms with Gasteiger partial charge in [-0.15, -0.1) is 0 Å². The van der Waals surface area contributed by atoms with E-state index in [4.69, 9.17) is 9.47 Å². The van der Waals surface area contributed by atoms with E-state index in [0.29, 0.717) is 11.7 Å². The Kier molecular flexibility index (Phi) is 7.24. The van der Waals surface area contributed by atoms with Gasteiger partial charge in [0.2, 0.25) is 0 Å². The Bertz CT molecular complexity index is 659. The highest BCUT2D eigenvalue weighted by Crippen LogP contribution is 2.43. The summed E-state index contributed by atoms with van der Waals surface area (Å²) < 4.78 is 12.6. The number of aromatic hydroxyl groups is 1. The lowest BCUT2D eigenvalue weighted by Crippen LogP contribution is -2.34. The van der Waals surface area contributed by atoms with Gasteiger partial charge in [-0.1, -0.05) is 74.1 Å². The molecule has 0 spiro atoms. The Morgan fingerprint density at radius 1 is 0.833 bits per heavy atom. The minimum absolute atomic E-state index is 0.144. The number of hydrogen-bond acceptors (Lipinski definition) is 3. The SMILES string of the molecule is CCCC1CCC(C2COC(c3cc(C(C)(C)C)c(O)c(C(C)(C)C)c3)OC2)CC1. The fourth-order valence-corrected chi connectivity index (χ4v) is 5.28. The van der Waals surface area contributed by atoms with Crippen LogP contribution in [0.3, 0.4) is 0 Å². The van der Waals surface area contributed by atoms with Crippen LogP contribution >= 0.6 is 0 Å². The van der Waals surface area contributed by atoms with Gasteiger partial charge in [-0.05, 0) is 58.8 Å². The van der Waals surface area contributed by atoms with Crippen molar-refractivity contribution in [2.45, 2.75) is 104 Å². The second-order valence-electron chi connectivity index (χ2n) is 11.8. The highest BCUT2D eigenvalue weighted by atomic mass is 16.7. The lowest BCUT2D eigenvalue weighted by Gasteiger charge is -2.38. The molecule has 0 amide bonds. The quantitative estimate of drug-likeness (QED) is 0.561. The van der Waals surface area contributed by atoms with Crippen molar-refractivity contribution in [3.05, 3.63) is 28.8 Å². The molecule has 0 aromatic heterocycles. The van der Waals surface area contributed by atoms with Crippen molar-refractivity contribution in [1.82, 2.24) is 0 Å². The van der Waals surface area contributed by atoms with Gasteiger partial charge in [0.25, 0.3) is 0 Å². The molecule has 1 saturated heterocycles. The van der Waals surface area contributed by atoms with Crippen molar-refractivity contribution in [2.24, 2.45) is 17.8 Å². The zero-order chi connectivity index (χ0) is 22.1. The molecule has 1 aromatic carbocycles. The molecule has 0 unspecified atom stereocenters. The summed E-state index contributed by atoms with van der Waals surface area (Å²) in [6.45, 7) is 16.7. The molecule has 1 N–H and O–H groups in total. The summed E-state index contributed by atoms with van der Waals surface area (Å²) in [5, 5.41) is 11.0. The molecule has 3 heteroatoms. The van der Waals surface area contributed by atoms with Crippen LogP contribution in [0.25, 0.3) is 0 Å². The van der Waals surface area contributed by atoms with Gasteiger partial charge in [0.15, 0.2) is 6.29 Å². The van der Waals surface area contributed by atoms with Crippen LogP contribution in [0.15, 0.2) is 12.1 Å². The van der Waals surface area contributed by atoms with E-state index in [2.05, 4.69) is 60.6 Å². The summed E-state index contributed by atoms with van der Waals surface area (Å²) in [4.78, 5) is 0. The van der Waals surface area contributed by atoms with E-state index in [0.717, 1.165) is 41.7 Å². The third-order valence-electron chi connectivity index (χ3n) is 7.20. The van der Waals surface area contributed by atoms with Crippen molar-refractivity contribution < 1.29 is 14.6 Å². The van der Waals surface area contributed by atoms with E-state index in [-0.39, 0.29) is 17.1 Å². The normalized spacial score (nSPS) is 28.5. The van der Waals surface area contributed by atoms with E-state index in [1.54, 1.807) is 0 Å². The second kappa shape index (κ2) is 9.20. The summed E-state index contributed by atoms with van der Waals surface area (Å²) in [6, 6.07) is 4.18. The van der Waals surface area contributed by atoms with Crippen LogP contribution < -0.4 is 0 Å². The lowest BCUT2D eigenvalue weighted by atomic mass is 9.75. The van der Waals surface area contributed by atoms with Crippen molar-refractivity contribution in [1.29, 1.82) is 0 Å². The van der Waals surface area contributed by atoms with Gasteiger partial charge in [0.05, 0.1) is 13.2 Å². The van der Waals surface area contributed by atoms with Gasteiger partial charge in [-0.2, -0.15) is 0 Å². The van der Waals surface area contributed by atoms with Crippen LogP contribution in [0.2, 0.25) is 0 Å². The molecule has 1 aliphatic carbocycles. The van der Waals surface area contributed by atoms with E-state index in [1.165, 1.54) is 38.5 Å². The van der Waals surface area contributed by atoms with E-state index in [1.807, 2.05) is 0 Å². The van der Waals surface area contributed by atoms with Gasteiger partial charge >= 0.3 is 0 Å². The number of phenols is 1. The first-order chi connectivity index (χ1) is 14.0. The van der Waals surface area contributed by atoms with Crippen LogP contribution in [0, 0.1) is 17.8 Å². The second-order valence-corrected chi connectivity index (χ2v) is 11.8. The van der Waals surface area contributed by atoms with Gasteiger partial charge < -0.3 is 14.6 Å². The number of ether oxygens (including phenoxy) is 2. The molecule has 1 aromatic rings. The largest absolute Gasteiger partial charge is 0.507 e. The van der Waals surface area contributed by atoms with Crippen LogP contribution in [0.5, 0.6) is 5.75 Å². The van der Waals surface area contributed by atoms with Gasteiger partial charge in [0, 0.05) is 11.5 Å². The van der Waals surface area contributed by atoms with E-state index >= 15 is 0 Å². The van der Waals surface area contributed by atoms with Gasteiger partial charge in [0.1, 0.15) is 5.75 Å². The number of hydrogen-bond donors (Lipinski definition) is 1. The van der Waals surface area contributed by atoms with Crippen molar-refractivity contribution >= 4 is 0 Å². The summed E-state index contributed by atoms with van der Waals surface area (Å²) in [5.74, 6) is 2.61. The Morgan fingerprint density at radius 3 is 1.77 bits per heavy atom. The molecule has 0 atom stereocenters. The van der Waals surface area contributed by atoms with Crippen LogP contribution in [-0.2, 0) is 20.3 Å². The highest BCUT2D eigenvalue weighted by molar-refractivity contribution is 5.50. The molecular formula is C27H44O3. The van der Waals surface area contributed by atoms with Crippen molar-refractivity contribution in [3.8, 4) is 5.75 Å². The maximum atomic E-state index is 11.0. The molecule has 1 aliphatic heterocycles. The Balaban J connectivity index is 1.71. The minimum Gasteiger partial charge on any atom is -0.507 e. The fourth-order valence-electron chi connectivity index (χ4n) is 5.28. The first kappa shape index (κ1) is 23.6. The molecule has 0 bridgehead atoms. The maximum absolute atomic E-state index is 11.0. The Labute approximate surface area is 184 Å². The van der Waals surface area contributed by atoms with Crippen LogP contribution in [-0.4, -0.2) is 18.3 Å². The molecule has 2 aliphatic rings. The number of phenolic OH excluding ortho intramolecular Hbond substituents is 1. The average Bonchev–Trinajstić information content (AvgIpc) is 2.67. The Hall–Kier alpha value is -1.06.